The zero-order chi connectivity index (χ0) is 22.5. The van der Waals surface area contributed by atoms with Gasteiger partial charge in [-0.2, -0.15) is 0 Å². The molecule has 0 aliphatic rings. The summed E-state index contributed by atoms with van der Waals surface area (Å²) in [5.41, 5.74) is 2.74. The van der Waals surface area contributed by atoms with E-state index >= 15 is 0 Å². The van der Waals surface area contributed by atoms with Crippen LogP contribution in [-0.2, 0) is 22.6 Å². The van der Waals surface area contributed by atoms with Crippen LogP contribution in [0.3, 0.4) is 0 Å². The first-order chi connectivity index (χ1) is 14.8. The molecular formula is C21H26N6O2S2. The molecule has 1 unspecified atom stereocenters. The maximum atomic E-state index is 12.6. The molecule has 0 fully saturated rings. The first-order valence-corrected chi connectivity index (χ1v) is 11.7. The number of carbonyl (C=O) groups excluding carboxylic acids is 2. The van der Waals surface area contributed by atoms with Crippen LogP contribution in [0, 0.1) is 20.8 Å². The number of aromatic nitrogens is 4. The van der Waals surface area contributed by atoms with Gasteiger partial charge in [0, 0.05) is 17.1 Å². The second-order valence-corrected chi connectivity index (χ2v) is 9.66. The molecule has 0 aliphatic carbocycles. The first kappa shape index (κ1) is 23.0. The molecule has 1 atom stereocenters. The molecule has 0 saturated carbocycles. The Morgan fingerprint density at radius 1 is 1.19 bits per heavy atom. The van der Waals surface area contributed by atoms with Crippen LogP contribution >= 0.6 is 23.1 Å². The van der Waals surface area contributed by atoms with E-state index in [0.717, 1.165) is 21.8 Å². The third-order valence-electron chi connectivity index (χ3n) is 4.64. The maximum Gasteiger partial charge on any atom is 0.239 e. The lowest BCUT2D eigenvalue weighted by Crippen LogP contribution is -2.23. The normalized spacial score (nSPS) is 11.9. The van der Waals surface area contributed by atoms with E-state index in [-0.39, 0.29) is 18.2 Å². The van der Waals surface area contributed by atoms with Gasteiger partial charge < -0.3 is 15.2 Å². The van der Waals surface area contributed by atoms with Gasteiger partial charge in [-0.15, -0.1) is 21.5 Å². The van der Waals surface area contributed by atoms with Crippen LogP contribution in [0.5, 0.6) is 0 Å². The average Bonchev–Trinajstić information content (AvgIpc) is 3.23. The molecule has 164 valence electrons. The fraction of sp³-hybridized carbons (Fsp3) is 0.381. The summed E-state index contributed by atoms with van der Waals surface area (Å²) in [6, 6.07) is 7.63. The van der Waals surface area contributed by atoms with E-state index in [1.54, 1.807) is 0 Å². The van der Waals surface area contributed by atoms with Gasteiger partial charge in [-0.05, 0) is 52.3 Å². The zero-order valence-electron chi connectivity index (χ0n) is 18.2. The fourth-order valence-electron chi connectivity index (χ4n) is 2.87. The Labute approximate surface area is 189 Å². The minimum absolute atomic E-state index is 0.105. The van der Waals surface area contributed by atoms with Crippen molar-refractivity contribution in [3.8, 4) is 0 Å². The summed E-state index contributed by atoms with van der Waals surface area (Å²) in [5, 5.41) is 15.0. The number of hydrogen-bond acceptors (Lipinski definition) is 7. The van der Waals surface area contributed by atoms with Crippen molar-refractivity contribution in [2.45, 2.75) is 58.0 Å². The minimum Gasteiger partial charge on any atom is -0.326 e. The number of nitrogens with zero attached hydrogens (tertiary/aromatic N) is 4. The van der Waals surface area contributed by atoms with Gasteiger partial charge in [0.25, 0.3) is 0 Å². The van der Waals surface area contributed by atoms with E-state index in [2.05, 4.69) is 25.8 Å². The summed E-state index contributed by atoms with van der Waals surface area (Å²) < 4.78 is 1.86. The number of aryl methyl sites for hydroxylation is 3. The summed E-state index contributed by atoms with van der Waals surface area (Å²) in [7, 11) is 0. The van der Waals surface area contributed by atoms with E-state index in [9.17, 15) is 9.59 Å². The molecule has 2 amide bonds. The summed E-state index contributed by atoms with van der Waals surface area (Å²) in [5.74, 6) is 0.252. The van der Waals surface area contributed by atoms with Crippen molar-refractivity contribution >= 4 is 45.7 Å². The Morgan fingerprint density at radius 2 is 1.97 bits per heavy atom. The summed E-state index contributed by atoms with van der Waals surface area (Å²) in [6.45, 7) is 10.2. The number of benzene rings is 1. The van der Waals surface area contributed by atoms with E-state index in [1.807, 2.05) is 63.5 Å². The third kappa shape index (κ3) is 5.92. The van der Waals surface area contributed by atoms with Crippen molar-refractivity contribution < 1.29 is 9.59 Å². The third-order valence-corrected chi connectivity index (χ3v) is 6.71. The van der Waals surface area contributed by atoms with Crippen LogP contribution in [0.1, 0.15) is 35.8 Å². The number of amides is 2. The van der Waals surface area contributed by atoms with Crippen LogP contribution < -0.4 is 10.6 Å². The lowest BCUT2D eigenvalue weighted by molar-refractivity contribution is -0.116. The minimum atomic E-state index is -0.395. The molecule has 0 spiro atoms. The van der Waals surface area contributed by atoms with Crippen LogP contribution in [0.15, 0.2) is 29.4 Å². The van der Waals surface area contributed by atoms with E-state index in [1.165, 1.54) is 23.1 Å². The Balaban J connectivity index is 1.63. The molecule has 31 heavy (non-hydrogen) atoms. The number of rotatable bonds is 8. The first-order valence-electron chi connectivity index (χ1n) is 9.97. The number of thioether (sulfide) groups is 1. The molecule has 0 aliphatic heterocycles. The standard InChI is InChI=1S/C21H26N6O2S2/c1-6-27-17(11-18(28)23-16-9-7-8-12(2)10-16)25-26-21(27)31-15(5)19(29)24-20-22-13(3)14(4)30-20/h7-10,15H,6,11H2,1-5H3,(H,23,28)(H,22,24,29). The van der Waals surface area contributed by atoms with Gasteiger partial charge >= 0.3 is 0 Å². The van der Waals surface area contributed by atoms with E-state index in [0.29, 0.717) is 22.7 Å². The topological polar surface area (TPSA) is 102 Å². The molecule has 2 heterocycles. The van der Waals surface area contributed by atoms with Crippen molar-refractivity contribution in [2.24, 2.45) is 0 Å². The number of carbonyl (C=O) groups is 2. The Hall–Kier alpha value is -2.72. The smallest absolute Gasteiger partial charge is 0.239 e. The maximum absolute atomic E-state index is 12.6. The van der Waals surface area contributed by atoms with Crippen LogP contribution in [-0.4, -0.2) is 36.8 Å². The van der Waals surface area contributed by atoms with Crippen LogP contribution in [0.25, 0.3) is 0 Å². The number of nitrogens with one attached hydrogen (secondary N) is 2. The average molecular weight is 459 g/mol. The van der Waals surface area contributed by atoms with Crippen molar-refractivity contribution in [2.75, 3.05) is 10.6 Å². The molecule has 2 N–H and O–H groups in total. The van der Waals surface area contributed by atoms with Gasteiger partial charge in [-0.3, -0.25) is 9.59 Å². The van der Waals surface area contributed by atoms with Gasteiger partial charge in [0.2, 0.25) is 11.8 Å². The van der Waals surface area contributed by atoms with Crippen molar-refractivity contribution in [1.29, 1.82) is 0 Å². The molecule has 1 aromatic carbocycles. The summed E-state index contributed by atoms with van der Waals surface area (Å²) in [6.07, 6.45) is 0.105. The molecule has 3 aromatic rings. The quantitative estimate of drug-likeness (QED) is 0.495. The largest absolute Gasteiger partial charge is 0.326 e. The number of hydrogen-bond donors (Lipinski definition) is 2. The molecule has 8 nitrogen and oxygen atoms in total. The highest BCUT2D eigenvalue weighted by molar-refractivity contribution is 8.00. The highest BCUT2D eigenvalue weighted by Crippen LogP contribution is 2.26. The van der Waals surface area contributed by atoms with E-state index < -0.39 is 5.25 Å². The molecule has 0 radical (unpaired) electrons. The molecular weight excluding hydrogens is 432 g/mol. The molecule has 2 aromatic heterocycles. The van der Waals surface area contributed by atoms with Crippen LogP contribution in [0.4, 0.5) is 10.8 Å². The predicted octanol–water partition coefficient (Wildman–Crippen LogP) is 3.98. The van der Waals surface area contributed by atoms with Gasteiger partial charge in [-0.1, -0.05) is 23.9 Å². The highest BCUT2D eigenvalue weighted by atomic mass is 32.2. The molecule has 0 bridgehead atoms. The monoisotopic (exact) mass is 458 g/mol. The van der Waals surface area contributed by atoms with Gasteiger partial charge in [-0.25, -0.2) is 4.98 Å². The number of anilines is 2. The van der Waals surface area contributed by atoms with Crippen molar-refractivity contribution in [3.63, 3.8) is 0 Å². The molecule has 10 heteroatoms. The summed E-state index contributed by atoms with van der Waals surface area (Å²) in [4.78, 5) is 30.5. The Kier molecular flexibility index (Phi) is 7.45. The van der Waals surface area contributed by atoms with Gasteiger partial charge in [0.1, 0.15) is 5.82 Å². The van der Waals surface area contributed by atoms with Gasteiger partial charge in [0.15, 0.2) is 10.3 Å². The van der Waals surface area contributed by atoms with Crippen molar-refractivity contribution in [1.82, 2.24) is 19.7 Å². The van der Waals surface area contributed by atoms with Crippen LogP contribution in [0.2, 0.25) is 0 Å². The SMILES string of the molecule is CCn1c(CC(=O)Nc2cccc(C)c2)nnc1SC(C)C(=O)Nc1nc(C)c(C)s1. The fourth-order valence-corrected chi connectivity index (χ4v) is 4.62. The van der Waals surface area contributed by atoms with E-state index in [4.69, 9.17) is 0 Å². The second kappa shape index (κ2) is 10.1. The highest BCUT2D eigenvalue weighted by Gasteiger charge is 2.21. The lowest BCUT2D eigenvalue weighted by atomic mass is 10.2. The Morgan fingerprint density at radius 3 is 2.61 bits per heavy atom. The van der Waals surface area contributed by atoms with Crippen molar-refractivity contribution in [3.05, 3.63) is 46.2 Å². The predicted molar refractivity (Wildman–Crippen MR) is 125 cm³/mol. The molecule has 0 saturated heterocycles. The number of thiazole rings is 1. The molecule has 3 rings (SSSR count). The summed E-state index contributed by atoms with van der Waals surface area (Å²) >= 11 is 2.77. The van der Waals surface area contributed by atoms with Gasteiger partial charge in [0.05, 0.1) is 17.4 Å². The lowest BCUT2D eigenvalue weighted by Gasteiger charge is -2.12. The Bertz CT molecular complexity index is 1070. The second-order valence-electron chi connectivity index (χ2n) is 7.15. The zero-order valence-corrected chi connectivity index (χ0v) is 19.9.